The SMILES string of the molecule is C#CC(C)NC1CCCC(C(F)(F)F)C1. The number of rotatable bonds is 2. The Balaban J connectivity index is 2.47. The van der Waals surface area contributed by atoms with Crippen LogP contribution >= 0.6 is 0 Å². The summed E-state index contributed by atoms with van der Waals surface area (Å²) in [7, 11) is 0. The number of halogens is 3. The van der Waals surface area contributed by atoms with Gasteiger partial charge in [-0.05, 0) is 26.2 Å². The molecular weight excluding hydrogens is 203 g/mol. The van der Waals surface area contributed by atoms with E-state index in [1.165, 1.54) is 0 Å². The molecule has 0 aromatic carbocycles. The molecular formula is C11H16F3N. The van der Waals surface area contributed by atoms with Gasteiger partial charge in [-0.1, -0.05) is 12.3 Å². The molecule has 0 aromatic rings. The van der Waals surface area contributed by atoms with Crippen LogP contribution in [0, 0.1) is 18.3 Å². The molecule has 3 unspecified atom stereocenters. The third-order valence-corrected chi connectivity index (χ3v) is 2.87. The van der Waals surface area contributed by atoms with E-state index < -0.39 is 12.1 Å². The highest BCUT2D eigenvalue weighted by Crippen LogP contribution is 2.37. The Morgan fingerprint density at radius 3 is 2.60 bits per heavy atom. The van der Waals surface area contributed by atoms with E-state index >= 15 is 0 Å². The molecule has 0 aromatic heterocycles. The highest BCUT2D eigenvalue weighted by molar-refractivity contribution is 4.98. The van der Waals surface area contributed by atoms with Crippen LogP contribution in [-0.4, -0.2) is 18.3 Å². The molecule has 1 aliphatic carbocycles. The van der Waals surface area contributed by atoms with Crippen molar-refractivity contribution in [2.75, 3.05) is 0 Å². The second kappa shape index (κ2) is 4.89. The Kier molecular flexibility index (Phi) is 4.04. The van der Waals surface area contributed by atoms with E-state index in [9.17, 15) is 13.2 Å². The molecule has 0 spiro atoms. The second-order valence-corrected chi connectivity index (χ2v) is 4.16. The standard InChI is InChI=1S/C11H16F3N/c1-3-8(2)15-10-6-4-5-9(7-10)11(12,13)14/h1,8-10,15H,4-7H2,2H3. The third-order valence-electron chi connectivity index (χ3n) is 2.87. The fourth-order valence-corrected chi connectivity index (χ4v) is 2.04. The first kappa shape index (κ1) is 12.4. The van der Waals surface area contributed by atoms with Crippen LogP contribution in [0.1, 0.15) is 32.6 Å². The molecule has 0 radical (unpaired) electrons. The Hall–Kier alpha value is -0.690. The molecule has 0 aliphatic heterocycles. The number of hydrogen-bond donors (Lipinski definition) is 1. The first-order valence-electron chi connectivity index (χ1n) is 5.22. The maximum Gasteiger partial charge on any atom is 0.391 e. The van der Waals surface area contributed by atoms with Crippen molar-refractivity contribution >= 4 is 0 Å². The van der Waals surface area contributed by atoms with E-state index in [1.807, 2.05) is 0 Å². The van der Waals surface area contributed by atoms with Crippen LogP contribution in [0.3, 0.4) is 0 Å². The third kappa shape index (κ3) is 3.75. The van der Waals surface area contributed by atoms with Gasteiger partial charge >= 0.3 is 6.18 Å². The number of nitrogens with one attached hydrogen (secondary N) is 1. The molecule has 1 rings (SSSR count). The summed E-state index contributed by atoms with van der Waals surface area (Å²) in [6.45, 7) is 1.79. The molecule has 0 saturated heterocycles. The van der Waals surface area contributed by atoms with Crippen molar-refractivity contribution < 1.29 is 13.2 Å². The molecule has 4 heteroatoms. The zero-order valence-corrected chi connectivity index (χ0v) is 8.77. The minimum atomic E-state index is -4.06. The first-order chi connectivity index (χ1) is 6.93. The molecule has 15 heavy (non-hydrogen) atoms. The van der Waals surface area contributed by atoms with Gasteiger partial charge in [0.05, 0.1) is 12.0 Å². The molecule has 0 bridgehead atoms. The highest BCUT2D eigenvalue weighted by Gasteiger charge is 2.42. The molecule has 0 heterocycles. The van der Waals surface area contributed by atoms with Crippen LogP contribution in [0.25, 0.3) is 0 Å². The minimum Gasteiger partial charge on any atom is -0.301 e. The summed E-state index contributed by atoms with van der Waals surface area (Å²) in [5.74, 6) is 1.31. The number of terminal acetylenes is 1. The lowest BCUT2D eigenvalue weighted by molar-refractivity contribution is -0.183. The summed E-state index contributed by atoms with van der Waals surface area (Å²) in [5.41, 5.74) is 0. The van der Waals surface area contributed by atoms with Crippen molar-refractivity contribution in [2.45, 2.75) is 50.9 Å². The minimum absolute atomic E-state index is 0.0866. The summed E-state index contributed by atoms with van der Waals surface area (Å²) in [4.78, 5) is 0. The van der Waals surface area contributed by atoms with Gasteiger partial charge in [0.15, 0.2) is 0 Å². The quantitative estimate of drug-likeness (QED) is 0.704. The normalized spacial score (nSPS) is 29.5. The first-order valence-corrected chi connectivity index (χ1v) is 5.22. The topological polar surface area (TPSA) is 12.0 Å². The van der Waals surface area contributed by atoms with E-state index in [0.717, 1.165) is 6.42 Å². The van der Waals surface area contributed by atoms with Gasteiger partial charge in [0.2, 0.25) is 0 Å². The van der Waals surface area contributed by atoms with E-state index in [-0.39, 0.29) is 24.9 Å². The van der Waals surface area contributed by atoms with Gasteiger partial charge in [0.1, 0.15) is 0 Å². The molecule has 1 fully saturated rings. The van der Waals surface area contributed by atoms with Crippen molar-refractivity contribution in [1.82, 2.24) is 5.32 Å². The summed E-state index contributed by atoms with van der Waals surface area (Å²) < 4.78 is 37.4. The zero-order valence-electron chi connectivity index (χ0n) is 8.77. The Morgan fingerprint density at radius 2 is 2.07 bits per heavy atom. The van der Waals surface area contributed by atoms with Crippen molar-refractivity contribution in [1.29, 1.82) is 0 Å². The molecule has 1 N–H and O–H groups in total. The molecule has 0 amide bonds. The molecule has 1 saturated carbocycles. The van der Waals surface area contributed by atoms with Gasteiger partial charge < -0.3 is 5.32 Å². The van der Waals surface area contributed by atoms with Gasteiger partial charge in [-0.2, -0.15) is 13.2 Å². The fourth-order valence-electron chi connectivity index (χ4n) is 2.04. The Morgan fingerprint density at radius 1 is 1.40 bits per heavy atom. The summed E-state index contributed by atoms with van der Waals surface area (Å²) in [6.07, 6.45) is 2.95. The number of alkyl halides is 3. The van der Waals surface area contributed by atoms with Crippen LogP contribution in [0.5, 0.6) is 0 Å². The average molecular weight is 219 g/mol. The largest absolute Gasteiger partial charge is 0.391 e. The van der Waals surface area contributed by atoms with E-state index in [0.29, 0.717) is 6.42 Å². The average Bonchev–Trinajstić information content (AvgIpc) is 2.17. The predicted octanol–water partition coefficient (Wildman–Crippen LogP) is 2.72. The fraction of sp³-hybridized carbons (Fsp3) is 0.818. The van der Waals surface area contributed by atoms with E-state index in [1.54, 1.807) is 6.92 Å². The lowest BCUT2D eigenvalue weighted by Gasteiger charge is -2.31. The van der Waals surface area contributed by atoms with Crippen LogP contribution in [-0.2, 0) is 0 Å². The maximum absolute atomic E-state index is 12.5. The van der Waals surface area contributed by atoms with Crippen LogP contribution < -0.4 is 5.32 Å². The molecule has 3 atom stereocenters. The van der Waals surface area contributed by atoms with Gasteiger partial charge in [0, 0.05) is 6.04 Å². The van der Waals surface area contributed by atoms with Crippen LogP contribution in [0.2, 0.25) is 0 Å². The summed E-state index contributed by atoms with van der Waals surface area (Å²) in [5, 5.41) is 3.03. The lowest BCUT2D eigenvalue weighted by atomic mass is 9.85. The Labute approximate surface area is 88.4 Å². The molecule has 1 aliphatic rings. The van der Waals surface area contributed by atoms with Gasteiger partial charge in [-0.3, -0.25) is 0 Å². The molecule has 1 nitrogen and oxygen atoms in total. The van der Waals surface area contributed by atoms with Crippen molar-refractivity contribution in [3.05, 3.63) is 0 Å². The monoisotopic (exact) mass is 219 g/mol. The van der Waals surface area contributed by atoms with Crippen LogP contribution in [0.15, 0.2) is 0 Å². The molecule has 86 valence electrons. The van der Waals surface area contributed by atoms with Crippen LogP contribution in [0.4, 0.5) is 13.2 Å². The lowest BCUT2D eigenvalue weighted by Crippen LogP contribution is -2.42. The van der Waals surface area contributed by atoms with Crippen molar-refractivity contribution in [2.24, 2.45) is 5.92 Å². The second-order valence-electron chi connectivity index (χ2n) is 4.16. The maximum atomic E-state index is 12.5. The van der Waals surface area contributed by atoms with Gasteiger partial charge in [0.25, 0.3) is 0 Å². The smallest absolute Gasteiger partial charge is 0.301 e. The number of hydrogen-bond acceptors (Lipinski definition) is 1. The Bertz CT molecular complexity index is 241. The van der Waals surface area contributed by atoms with Gasteiger partial charge in [-0.25, -0.2) is 0 Å². The highest BCUT2D eigenvalue weighted by atomic mass is 19.4. The van der Waals surface area contributed by atoms with Crippen molar-refractivity contribution in [3.63, 3.8) is 0 Å². The van der Waals surface area contributed by atoms with E-state index in [4.69, 9.17) is 6.42 Å². The van der Waals surface area contributed by atoms with Crippen molar-refractivity contribution in [3.8, 4) is 12.3 Å². The predicted molar refractivity (Wildman–Crippen MR) is 53.2 cm³/mol. The summed E-state index contributed by atoms with van der Waals surface area (Å²) in [6, 6.07) is -0.238. The van der Waals surface area contributed by atoms with Gasteiger partial charge in [-0.15, -0.1) is 6.42 Å². The summed E-state index contributed by atoms with van der Waals surface area (Å²) >= 11 is 0. The van der Waals surface area contributed by atoms with E-state index in [2.05, 4.69) is 11.2 Å². The zero-order chi connectivity index (χ0) is 11.5.